The Balaban J connectivity index is 2.21. The predicted octanol–water partition coefficient (Wildman–Crippen LogP) is -1.08. The molecule has 2 rings (SSSR count). The summed E-state index contributed by atoms with van der Waals surface area (Å²) in [6, 6.07) is 0. The number of nitrogens with zero attached hydrogens (tertiary/aromatic N) is 4. The molecule has 6 N–H and O–H groups in total. The van der Waals surface area contributed by atoms with Crippen LogP contribution in [0.25, 0.3) is 0 Å². The Hall–Kier alpha value is -2.13. The number of morpholine rings is 1. The fourth-order valence-electron chi connectivity index (χ4n) is 1.73. The summed E-state index contributed by atoms with van der Waals surface area (Å²) >= 11 is 0. The van der Waals surface area contributed by atoms with Crippen LogP contribution in [0, 0.1) is 0 Å². The molecule has 0 saturated carbocycles. The lowest BCUT2D eigenvalue weighted by atomic mass is 10.4. The first-order valence-electron chi connectivity index (χ1n) is 6.43. The molecule has 1 saturated heterocycles. The number of hydrogen-bond acceptors (Lipinski definition) is 9. The van der Waals surface area contributed by atoms with Gasteiger partial charge >= 0.3 is 0 Å². The smallest absolute Gasteiger partial charge is 0.234 e. The van der Waals surface area contributed by atoms with Gasteiger partial charge in [0.15, 0.2) is 0 Å². The highest BCUT2D eigenvalue weighted by Crippen LogP contribution is 2.15. The van der Waals surface area contributed by atoms with E-state index in [0.29, 0.717) is 44.1 Å². The van der Waals surface area contributed by atoms with Crippen LogP contribution in [0.4, 0.5) is 17.8 Å². The zero-order valence-electron chi connectivity index (χ0n) is 11.3. The molecule has 110 valence electrons. The van der Waals surface area contributed by atoms with E-state index in [1.54, 1.807) is 0 Å². The number of hydrogen-bond donors (Lipinski definition) is 4. The van der Waals surface area contributed by atoms with Crippen molar-refractivity contribution in [3.8, 4) is 0 Å². The second kappa shape index (κ2) is 6.87. The molecule has 0 unspecified atom stereocenters. The van der Waals surface area contributed by atoms with Gasteiger partial charge in [-0.1, -0.05) is 6.58 Å². The second-order valence-electron chi connectivity index (χ2n) is 4.25. The molecule has 1 aliphatic rings. The number of aromatic nitrogens is 3. The maximum absolute atomic E-state index is 5.52. The van der Waals surface area contributed by atoms with E-state index in [1.165, 1.54) is 0 Å². The fourth-order valence-corrected chi connectivity index (χ4v) is 1.73. The standard InChI is InChI=1S/C11H20N8O/c1-8(13)15-10-16-9(14-3-2-12)17-11(18-10)19-4-6-20-7-5-19/h1-7,12-13H2,(H2,14,15,16,17,18). The summed E-state index contributed by atoms with van der Waals surface area (Å²) in [5.74, 6) is 1.66. The van der Waals surface area contributed by atoms with Gasteiger partial charge in [0.1, 0.15) is 0 Å². The number of rotatable bonds is 6. The van der Waals surface area contributed by atoms with Gasteiger partial charge in [-0.25, -0.2) is 0 Å². The predicted molar refractivity (Wildman–Crippen MR) is 77.4 cm³/mol. The number of ether oxygens (including phenoxy) is 1. The van der Waals surface area contributed by atoms with Crippen molar-refractivity contribution >= 4 is 17.8 Å². The molecule has 0 spiro atoms. The molecule has 1 aromatic heterocycles. The Bertz CT molecular complexity index is 460. The fraction of sp³-hybridized carbons (Fsp3) is 0.545. The summed E-state index contributed by atoms with van der Waals surface area (Å²) in [6.45, 7) is 7.44. The van der Waals surface area contributed by atoms with Gasteiger partial charge in [0.25, 0.3) is 0 Å². The molecule has 1 aromatic rings. The van der Waals surface area contributed by atoms with Crippen molar-refractivity contribution in [2.75, 3.05) is 54.9 Å². The summed E-state index contributed by atoms with van der Waals surface area (Å²) in [6.07, 6.45) is 0. The summed E-state index contributed by atoms with van der Waals surface area (Å²) in [5.41, 5.74) is 11.0. The van der Waals surface area contributed by atoms with Crippen LogP contribution in [0.3, 0.4) is 0 Å². The van der Waals surface area contributed by atoms with Gasteiger partial charge in [0, 0.05) is 26.2 Å². The largest absolute Gasteiger partial charge is 0.386 e. The van der Waals surface area contributed by atoms with E-state index in [2.05, 4.69) is 32.2 Å². The first-order valence-corrected chi connectivity index (χ1v) is 6.43. The molecule has 0 aliphatic carbocycles. The molecular formula is C11H20N8O. The molecule has 9 nitrogen and oxygen atoms in total. The van der Waals surface area contributed by atoms with Crippen LogP contribution in [-0.4, -0.2) is 54.3 Å². The summed E-state index contributed by atoms with van der Waals surface area (Å²) in [4.78, 5) is 14.9. The molecule has 0 atom stereocenters. The Morgan fingerprint density at radius 2 is 1.95 bits per heavy atom. The average Bonchev–Trinajstić information content (AvgIpc) is 2.45. The maximum Gasteiger partial charge on any atom is 0.234 e. The van der Waals surface area contributed by atoms with Crippen LogP contribution < -0.4 is 27.0 Å². The minimum atomic E-state index is 0.272. The first kappa shape index (κ1) is 14.3. The molecule has 9 heteroatoms. The molecule has 0 bridgehead atoms. The SMILES string of the molecule is C=C(N)Nc1nc(NCCN)nc(N2CCOCC2)n1. The molecule has 0 radical (unpaired) electrons. The number of nitrogens with two attached hydrogens (primary N) is 2. The van der Waals surface area contributed by atoms with Crippen molar-refractivity contribution in [2.45, 2.75) is 0 Å². The van der Waals surface area contributed by atoms with E-state index in [1.807, 2.05) is 4.90 Å². The molecule has 0 amide bonds. The highest BCUT2D eigenvalue weighted by Gasteiger charge is 2.16. The second-order valence-corrected chi connectivity index (χ2v) is 4.25. The van der Waals surface area contributed by atoms with E-state index in [9.17, 15) is 0 Å². The number of nitrogens with one attached hydrogen (secondary N) is 2. The zero-order valence-corrected chi connectivity index (χ0v) is 11.3. The van der Waals surface area contributed by atoms with Crippen molar-refractivity contribution in [3.63, 3.8) is 0 Å². The lowest BCUT2D eigenvalue weighted by Crippen LogP contribution is -2.37. The van der Waals surface area contributed by atoms with Gasteiger partial charge in [-0.15, -0.1) is 0 Å². The first-order chi connectivity index (χ1) is 9.69. The Kier molecular flexibility index (Phi) is 4.91. The highest BCUT2D eigenvalue weighted by molar-refractivity contribution is 5.45. The van der Waals surface area contributed by atoms with E-state index in [-0.39, 0.29) is 5.82 Å². The zero-order chi connectivity index (χ0) is 14.4. The molecule has 0 aromatic carbocycles. The van der Waals surface area contributed by atoms with Crippen LogP contribution in [0.15, 0.2) is 12.4 Å². The van der Waals surface area contributed by atoms with Gasteiger partial charge in [0.2, 0.25) is 17.8 Å². The van der Waals surface area contributed by atoms with Crippen molar-refractivity contribution in [1.82, 2.24) is 15.0 Å². The Morgan fingerprint density at radius 3 is 2.60 bits per heavy atom. The van der Waals surface area contributed by atoms with E-state index in [4.69, 9.17) is 16.2 Å². The van der Waals surface area contributed by atoms with Crippen LogP contribution in [0.1, 0.15) is 0 Å². The number of anilines is 3. The quantitative estimate of drug-likeness (QED) is 0.514. The lowest BCUT2D eigenvalue weighted by Gasteiger charge is -2.27. The van der Waals surface area contributed by atoms with Gasteiger partial charge in [0.05, 0.1) is 19.0 Å². The van der Waals surface area contributed by atoms with Gasteiger partial charge < -0.3 is 31.7 Å². The normalized spacial score (nSPS) is 14.9. The third-order valence-corrected chi connectivity index (χ3v) is 2.62. The van der Waals surface area contributed by atoms with Crippen LogP contribution in [0.2, 0.25) is 0 Å². The monoisotopic (exact) mass is 280 g/mol. The Morgan fingerprint density at radius 1 is 1.25 bits per heavy atom. The highest BCUT2D eigenvalue weighted by atomic mass is 16.5. The van der Waals surface area contributed by atoms with Crippen LogP contribution in [0.5, 0.6) is 0 Å². The third kappa shape index (κ3) is 3.93. The van der Waals surface area contributed by atoms with Crippen LogP contribution in [-0.2, 0) is 4.74 Å². The minimum absolute atomic E-state index is 0.272. The van der Waals surface area contributed by atoms with Crippen molar-refractivity contribution in [1.29, 1.82) is 0 Å². The van der Waals surface area contributed by atoms with Gasteiger partial charge in [-0.05, 0) is 0 Å². The lowest BCUT2D eigenvalue weighted by molar-refractivity contribution is 0.122. The molecule has 2 heterocycles. The van der Waals surface area contributed by atoms with E-state index >= 15 is 0 Å². The maximum atomic E-state index is 5.52. The Labute approximate surface area is 117 Å². The molecule has 1 fully saturated rings. The topological polar surface area (TPSA) is 127 Å². The summed E-state index contributed by atoms with van der Waals surface area (Å²) in [5, 5.41) is 5.82. The van der Waals surface area contributed by atoms with Crippen molar-refractivity contribution in [3.05, 3.63) is 12.4 Å². The minimum Gasteiger partial charge on any atom is -0.386 e. The molecule has 20 heavy (non-hydrogen) atoms. The van der Waals surface area contributed by atoms with Crippen LogP contribution >= 0.6 is 0 Å². The summed E-state index contributed by atoms with van der Waals surface area (Å²) < 4.78 is 5.32. The van der Waals surface area contributed by atoms with E-state index in [0.717, 1.165) is 13.1 Å². The summed E-state index contributed by atoms with van der Waals surface area (Å²) in [7, 11) is 0. The van der Waals surface area contributed by atoms with Crippen molar-refractivity contribution < 1.29 is 4.74 Å². The molecule has 1 aliphatic heterocycles. The molecular weight excluding hydrogens is 260 g/mol. The van der Waals surface area contributed by atoms with E-state index < -0.39 is 0 Å². The van der Waals surface area contributed by atoms with Crippen molar-refractivity contribution in [2.24, 2.45) is 11.5 Å². The van der Waals surface area contributed by atoms with Gasteiger partial charge in [-0.2, -0.15) is 15.0 Å². The third-order valence-electron chi connectivity index (χ3n) is 2.62. The van der Waals surface area contributed by atoms with Gasteiger partial charge in [-0.3, -0.25) is 0 Å². The average molecular weight is 280 g/mol.